The number of thiazole rings is 1. The van der Waals surface area contributed by atoms with E-state index in [4.69, 9.17) is 21.0 Å². The number of ether oxygens (including phenoxy) is 1. The molecule has 3 rings (SSSR count). The van der Waals surface area contributed by atoms with Crippen LogP contribution < -0.4 is 16.8 Å². The van der Waals surface area contributed by atoms with Gasteiger partial charge in [0.25, 0.3) is 11.8 Å². The van der Waals surface area contributed by atoms with E-state index in [1.54, 1.807) is 0 Å². The zero-order valence-corrected chi connectivity index (χ0v) is 18.9. The standard InChI is InChI=1S/C17H20N6O8S2/c1-17(30-2,15(28)29)31-22-8(7-5-33-16(19)20-7)11(24)21-9-12(25)23-10(14(26)27)6(3-18)4-32-13(9)23/h5,9,13H,3-4,18H2,1-2H3,(H2,19,20)(H,21,24)(H,26,27)(H,28,29)/b22-8-/t9?,13-,17?/m1/s1. The van der Waals surface area contributed by atoms with E-state index >= 15 is 0 Å². The van der Waals surface area contributed by atoms with Crippen LogP contribution in [-0.4, -0.2) is 86.2 Å². The third kappa shape index (κ3) is 4.50. The molecular weight excluding hydrogens is 480 g/mol. The first-order chi connectivity index (χ1) is 15.5. The van der Waals surface area contributed by atoms with Gasteiger partial charge in [-0.3, -0.25) is 14.5 Å². The maximum Gasteiger partial charge on any atom is 0.379 e. The van der Waals surface area contributed by atoms with Crippen molar-refractivity contribution in [3.8, 4) is 0 Å². The molecule has 16 heteroatoms. The summed E-state index contributed by atoms with van der Waals surface area (Å²) in [4.78, 5) is 58.6. The zero-order chi connectivity index (χ0) is 24.5. The quantitative estimate of drug-likeness (QED) is 0.114. The number of amides is 2. The minimum Gasteiger partial charge on any atom is -0.477 e. The van der Waals surface area contributed by atoms with Crippen LogP contribution in [0.5, 0.6) is 0 Å². The van der Waals surface area contributed by atoms with Crippen LogP contribution in [0.25, 0.3) is 0 Å². The minimum absolute atomic E-state index is 0.0182. The van der Waals surface area contributed by atoms with Gasteiger partial charge < -0.3 is 36.6 Å². The molecule has 1 aromatic heterocycles. The summed E-state index contributed by atoms with van der Waals surface area (Å²) in [6, 6.07) is -1.06. The number of anilines is 1. The maximum absolute atomic E-state index is 13.0. The lowest BCUT2D eigenvalue weighted by atomic mass is 10.0. The van der Waals surface area contributed by atoms with E-state index < -0.39 is 46.7 Å². The van der Waals surface area contributed by atoms with Crippen LogP contribution in [-0.2, 0) is 28.8 Å². The van der Waals surface area contributed by atoms with Gasteiger partial charge in [-0.05, 0) is 5.57 Å². The second-order valence-corrected chi connectivity index (χ2v) is 8.87. The lowest BCUT2D eigenvalue weighted by molar-refractivity contribution is -0.227. The molecule has 3 atom stereocenters. The molecule has 1 saturated heterocycles. The second-order valence-electron chi connectivity index (χ2n) is 6.88. The van der Waals surface area contributed by atoms with Crippen LogP contribution in [0.1, 0.15) is 12.6 Å². The molecule has 33 heavy (non-hydrogen) atoms. The monoisotopic (exact) mass is 500 g/mol. The Kier molecular flexibility index (Phi) is 6.92. The number of hydrogen-bond donors (Lipinski definition) is 5. The molecule has 1 fully saturated rings. The molecule has 0 bridgehead atoms. The summed E-state index contributed by atoms with van der Waals surface area (Å²) in [6.07, 6.45) is 0. The van der Waals surface area contributed by atoms with Crippen molar-refractivity contribution in [2.24, 2.45) is 10.9 Å². The summed E-state index contributed by atoms with van der Waals surface area (Å²) in [7, 11) is 1.08. The number of nitrogens with zero attached hydrogens (tertiary/aromatic N) is 3. The number of fused-ring (bicyclic) bond motifs is 1. The number of nitrogens with one attached hydrogen (secondary N) is 1. The Morgan fingerprint density at radius 1 is 1.42 bits per heavy atom. The summed E-state index contributed by atoms with van der Waals surface area (Å²) in [5.41, 5.74) is 11.0. The third-order valence-electron chi connectivity index (χ3n) is 4.85. The number of methoxy groups -OCH3 is 1. The fraction of sp³-hybridized carbons (Fsp3) is 0.412. The predicted molar refractivity (Wildman–Crippen MR) is 116 cm³/mol. The number of hydrogen-bond acceptors (Lipinski definition) is 12. The molecule has 2 unspecified atom stereocenters. The summed E-state index contributed by atoms with van der Waals surface area (Å²) in [6.45, 7) is 1.05. The van der Waals surface area contributed by atoms with Gasteiger partial charge in [-0.15, -0.1) is 23.1 Å². The van der Waals surface area contributed by atoms with E-state index in [9.17, 15) is 29.4 Å². The van der Waals surface area contributed by atoms with Crippen LogP contribution in [0.2, 0.25) is 0 Å². The van der Waals surface area contributed by atoms with Crippen LogP contribution in [0.4, 0.5) is 5.13 Å². The van der Waals surface area contributed by atoms with Crippen LogP contribution in [0.3, 0.4) is 0 Å². The highest BCUT2D eigenvalue weighted by atomic mass is 32.2. The number of oxime groups is 1. The van der Waals surface area contributed by atoms with Crippen molar-refractivity contribution < 1.29 is 39.0 Å². The normalized spacial score (nSPS) is 22.2. The van der Waals surface area contributed by atoms with Gasteiger partial charge in [-0.2, -0.15) is 0 Å². The van der Waals surface area contributed by atoms with Gasteiger partial charge in [0.05, 0.1) is 0 Å². The van der Waals surface area contributed by atoms with Crippen LogP contribution >= 0.6 is 23.1 Å². The second kappa shape index (κ2) is 9.34. The molecule has 2 aliphatic rings. The largest absolute Gasteiger partial charge is 0.477 e. The minimum atomic E-state index is -2.20. The van der Waals surface area contributed by atoms with Crippen LogP contribution in [0, 0.1) is 0 Å². The van der Waals surface area contributed by atoms with E-state index in [0.29, 0.717) is 5.57 Å². The number of rotatable bonds is 9. The molecule has 0 saturated carbocycles. The van der Waals surface area contributed by atoms with E-state index in [1.807, 2.05) is 0 Å². The molecule has 2 aliphatic heterocycles. The lowest BCUT2D eigenvalue weighted by Gasteiger charge is -2.49. The van der Waals surface area contributed by atoms with Crippen molar-refractivity contribution in [3.63, 3.8) is 0 Å². The van der Waals surface area contributed by atoms with Gasteiger partial charge in [0.2, 0.25) is 0 Å². The fourth-order valence-electron chi connectivity index (χ4n) is 2.95. The van der Waals surface area contributed by atoms with Gasteiger partial charge in [0.15, 0.2) is 10.8 Å². The summed E-state index contributed by atoms with van der Waals surface area (Å²) in [5, 5.41) is 25.7. The molecule has 7 N–H and O–H groups in total. The average Bonchev–Trinajstić information content (AvgIpc) is 3.21. The van der Waals surface area contributed by atoms with E-state index in [-0.39, 0.29) is 28.8 Å². The fourth-order valence-corrected chi connectivity index (χ4v) is 4.86. The molecule has 3 heterocycles. The molecule has 2 amide bonds. The number of carboxylic acid groups (broad SMARTS) is 2. The smallest absolute Gasteiger partial charge is 0.379 e. The molecule has 0 radical (unpaired) electrons. The molecule has 178 valence electrons. The first-order valence-corrected chi connectivity index (χ1v) is 11.1. The van der Waals surface area contributed by atoms with Gasteiger partial charge in [0, 0.05) is 31.7 Å². The summed E-state index contributed by atoms with van der Waals surface area (Å²) in [5.74, 6) is -6.27. The lowest BCUT2D eigenvalue weighted by Crippen LogP contribution is -2.71. The molecule has 0 aromatic carbocycles. The Morgan fingerprint density at radius 2 is 2.12 bits per heavy atom. The Bertz CT molecular complexity index is 1070. The molecular formula is C17H20N6O8S2. The van der Waals surface area contributed by atoms with Crippen molar-refractivity contribution in [2.45, 2.75) is 24.1 Å². The zero-order valence-electron chi connectivity index (χ0n) is 17.3. The van der Waals surface area contributed by atoms with E-state index in [1.165, 1.54) is 17.1 Å². The summed E-state index contributed by atoms with van der Waals surface area (Å²) < 4.78 is 4.79. The molecule has 1 aromatic rings. The predicted octanol–water partition coefficient (Wildman–Crippen LogP) is -1.41. The van der Waals surface area contributed by atoms with Crippen molar-refractivity contribution >= 4 is 57.7 Å². The number of carboxylic acids is 2. The van der Waals surface area contributed by atoms with Crippen molar-refractivity contribution in [3.05, 3.63) is 22.3 Å². The SMILES string of the molecule is COC(C)(O/N=C(\C(=O)NC1C(=O)N2C(C(=O)O)=C(CN)CS[C@H]12)c1csc(N)n1)C(=O)O. The number of carbonyl (C=O) groups excluding carboxylic acids is 2. The highest BCUT2D eigenvalue weighted by molar-refractivity contribution is 8.00. The Morgan fingerprint density at radius 3 is 2.64 bits per heavy atom. The maximum atomic E-state index is 13.0. The van der Waals surface area contributed by atoms with Gasteiger partial charge >= 0.3 is 17.7 Å². The number of thioether (sulfide) groups is 1. The number of aliphatic carboxylic acids is 2. The van der Waals surface area contributed by atoms with Gasteiger partial charge in [0.1, 0.15) is 22.8 Å². The molecule has 0 aliphatic carbocycles. The topological polar surface area (TPSA) is 220 Å². The first-order valence-electron chi connectivity index (χ1n) is 9.21. The first kappa shape index (κ1) is 24.4. The average molecular weight is 501 g/mol. The summed E-state index contributed by atoms with van der Waals surface area (Å²) >= 11 is 2.24. The van der Waals surface area contributed by atoms with Gasteiger partial charge in [-0.1, -0.05) is 5.16 Å². The Labute approximate surface area is 194 Å². The highest BCUT2D eigenvalue weighted by Gasteiger charge is 2.54. The van der Waals surface area contributed by atoms with Crippen LogP contribution in [0.15, 0.2) is 21.8 Å². The number of nitrogen functional groups attached to an aromatic ring is 1. The van der Waals surface area contributed by atoms with Crippen molar-refractivity contribution in [1.29, 1.82) is 0 Å². The Hall–Kier alpha value is -3.21. The number of aromatic nitrogens is 1. The van der Waals surface area contributed by atoms with Gasteiger partial charge in [-0.25, -0.2) is 14.6 Å². The number of carbonyl (C=O) groups is 4. The third-order valence-corrected chi connectivity index (χ3v) is 6.87. The number of β-lactam (4-membered cyclic amide) rings is 1. The number of nitrogens with two attached hydrogens (primary N) is 2. The van der Waals surface area contributed by atoms with Crippen molar-refractivity contribution in [1.82, 2.24) is 15.2 Å². The highest BCUT2D eigenvalue weighted by Crippen LogP contribution is 2.40. The van der Waals surface area contributed by atoms with Crippen molar-refractivity contribution in [2.75, 3.05) is 25.1 Å². The molecule has 14 nitrogen and oxygen atoms in total. The van der Waals surface area contributed by atoms with E-state index in [0.717, 1.165) is 30.3 Å². The molecule has 0 spiro atoms. The van der Waals surface area contributed by atoms with E-state index in [2.05, 4.69) is 15.5 Å². The Balaban J connectivity index is 1.85.